The highest BCUT2D eigenvalue weighted by molar-refractivity contribution is 5.95. The minimum Gasteiger partial charge on any atom is -0.404 e. The van der Waals surface area contributed by atoms with E-state index >= 15 is 0 Å². The average molecular weight is 467 g/mol. The number of benzene rings is 2. The van der Waals surface area contributed by atoms with Gasteiger partial charge >= 0.3 is 0 Å². The summed E-state index contributed by atoms with van der Waals surface area (Å²) >= 11 is 0. The lowest BCUT2D eigenvalue weighted by Gasteiger charge is -2.17. The van der Waals surface area contributed by atoms with Gasteiger partial charge in [-0.3, -0.25) is 9.36 Å². The number of fused-ring (bicyclic) bond motifs is 2. The number of hydrogen-bond acceptors (Lipinski definition) is 7. The lowest BCUT2D eigenvalue weighted by molar-refractivity contribution is 0.666. The summed E-state index contributed by atoms with van der Waals surface area (Å²) in [5, 5.41) is 6.90. The van der Waals surface area contributed by atoms with E-state index in [-0.39, 0.29) is 24.5 Å². The van der Waals surface area contributed by atoms with Crippen molar-refractivity contribution in [2.75, 3.05) is 12.3 Å². The van der Waals surface area contributed by atoms with Gasteiger partial charge in [-0.05, 0) is 42.5 Å². The second kappa shape index (κ2) is 8.69. The molecular formula is C26H26N8O. The predicted molar refractivity (Wildman–Crippen MR) is 139 cm³/mol. The SMILES string of the molecule is Cc1ccccc1-n1c(Cn2nc(/C(=C/N)CN)c3c(N)ncnc32)cc2cccc(C)c2c1=O. The number of aromatic nitrogens is 5. The third-order valence-electron chi connectivity index (χ3n) is 6.28. The molecule has 0 amide bonds. The molecule has 0 unspecified atom stereocenters. The number of hydrogen-bond donors (Lipinski definition) is 3. The maximum absolute atomic E-state index is 13.9. The summed E-state index contributed by atoms with van der Waals surface area (Å²) in [6.07, 6.45) is 2.81. The summed E-state index contributed by atoms with van der Waals surface area (Å²) in [7, 11) is 0. The van der Waals surface area contributed by atoms with Crippen molar-refractivity contribution in [2.24, 2.45) is 11.5 Å². The van der Waals surface area contributed by atoms with E-state index in [0.29, 0.717) is 27.7 Å². The molecule has 5 rings (SSSR count). The molecule has 9 nitrogen and oxygen atoms in total. The highest BCUT2D eigenvalue weighted by Gasteiger charge is 2.20. The smallest absolute Gasteiger partial charge is 0.263 e. The Morgan fingerprint density at radius 2 is 1.80 bits per heavy atom. The van der Waals surface area contributed by atoms with Gasteiger partial charge in [0.25, 0.3) is 5.56 Å². The summed E-state index contributed by atoms with van der Waals surface area (Å²) in [5.74, 6) is 0.287. The molecule has 35 heavy (non-hydrogen) atoms. The van der Waals surface area contributed by atoms with Crippen LogP contribution in [0.25, 0.3) is 33.1 Å². The van der Waals surface area contributed by atoms with Crippen LogP contribution < -0.4 is 22.8 Å². The highest BCUT2D eigenvalue weighted by Crippen LogP contribution is 2.28. The maximum Gasteiger partial charge on any atom is 0.263 e. The molecule has 0 aliphatic rings. The van der Waals surface area contributed by atoms with E-state index < -0.39 is 0 Å². The Morgan fingerprint density at radius 1 is 1.03 bits per heavy atom. The summed E-state index contributed by atoms with van der Waals surface area (Å²) in [4.78, 5) is 22.5. The van der Waals surface area contributed by atoms with Gasteiger partial charge in [-0.25, -0.2) is 14.6 Å². The van der Waals surface area contributed by atoms with E-state index in [9.17, 15) is 4.79 Å². The summed E-state index contributed by atoms with van der Waals surface area (Å²) < 4.78 is 3.47. The molecule has 0 bridgehead atoms. The van der Waals surface area contributed by atoms with E-state index in [4.69, 9.17) is 22.3 Å². The highest BCUT2D eigenvalue weighted by atomic mass is 16.1. The van der Waals surface area contributed by atoms with Crippen molar-refractivity contribution in [2.45, 2.75) is 20.4 Å². The molecule has 0 aliphatic carbocycles. The first kappa shape index (κ1) is 22.3. The molecular weight excluding hydrogens is 440 g/mol. The average Bonchev–Trinajstić information content (AvgIpc) is 3.20. The molecule has 6 N–H and O–H groups in total. The Kier molecular flexibility index (Phi) is 5.54. The van der Waals surface area contributed by atoms with Crippen LogP contribution in [0, 0.1) is 13.8 Å². The second-order valence-corrected chi connectivity index (χ2v) is 8.46. The summed E-state index contributed by atoms with van der Waals surface area (Å²) in [5.41, 5.74) is 23.0. The van der Waals surface area contributed by atoms with Crippen molar-refractivity contribution in [3.63, 3.8) is 0 Å². The molecule has 0 spiro atoms. The molecule has 3 aromatic heterocycles. The fourth-order valence-electron chi connectivity index (χ4n) is 4.55. The fourth-order valence-corrected chi connectivity index (χ4v) is 4.55. The number of nitrogens with two attached hydrogens (primary N) is 3. The van der Waals surface area contributed by atoms with Crippen molar-refractivity contribution < 1.29 is 0 Å². The Bertz CT molecular complexity index is 1680. The van der Waals surface area contributed by atoms with Crippen LogP contribution in [0.15, 0.2) is 65.9 Å². The van der Waals surface area contributed by atoms with Crippen molar-refractivity contribution in [3.05, 3.63) is 93.9 Å². The van der Waals surface area contributed by atoms with Gasteiger partial charge in [-0.15, -0.1) is 0 Å². The molecule has 5 aromatic rings. The molecule has 2 aromatic carbocycles. The number of aryl methyl sites for hydroxylation is 2. The molecule has 0 fully saturated rings. The van der Waals surface area contributed by atoms with Crippen molar-refractivity contribution in [3.8, 4) is 5.69 Å². The molecule has 0 atom stereocenters. The van der Waals surface area contributed by atoms with Crippen LogP contribution in [-0.4, -0.2) is 30.9 Å². The quantitative estimate of drug-likeness (QED) is 0.361. The molecule has 0 saturated carbocycles. The number of nitrogen functional groups attached to an aromatic ring is 1. The minimum absolute atomic E-state index is 0.0831. The Morgan fingerprint density at radius 3 is 2.54 bits per heavy atom. The molecule has 0 aliphatic heterocycles. The molecule has 0 saturated heterocycles. The third-order valence-corrected chi connectivity index (χ3v) is 6.28. The van der Waals surface area contributed by atoms with Gasteiger partial charge in [0.2, 0.25) is 0 Å². The Balaban J connectivity index is 1.81. The zero-order chi connectivity index (χ0) is 24.7. The van der Waals surface area contributed by atoms with Crippen molar-refractivity contribution >= 4 is 33.2 Å². The van der Waals surface area contributed by atoms with E-state index in [0.717, 1.165) is 27.9 Å². The lowest BCUT2D eigenvalue weighted by atomic mass is 10.1. The first-order chi connectivity index (χ1) is 16.9. The van der Waals surface area contributed by atoms with Crippen molar-refractivity contribution in [1.29, 1.82) is 0 Å². The van der Waals surface area contributed by atoms with E-state index in [1.165, 1.54) is 12.5 Å². The molecule has 176 valence electrons. The van der Waals surface area contributed by atoms with Crippen LogP contribution in [-0.2, 0) is 6.54 Å². The number of nitrogens with zero attached hydrogens (tertiary/aromatic N) is 5. The number of para-hydroxylation sites is 1. The van der Waals surface area contributed by atoms with Gasteiger partial charge in [-0.1, -0.05) is 36.4 Å². The second-order valence-electron chi connectivity index (χ2n) is 8.46. The number of rotatable bonds is 5. The largest absolute Gasteiger partial charge is 0.404 e. The van der Waals surface area contributed by atoms with E-state index in [2.05, 4.69) is 9.97 Å². The van der Waals surface area contributed by atoms with Gasteiger partial charge in [0.05, 0.1) is 23.0 Å². The predicted octanol–water partition coefficient (Wildman–Crippen LogP) is 2.64. The van der Waals surface area contributed by atoms with Crippen LogP contribution in [0.5, 0.6) is 0 Å². The van der Waals surface area contributed by atoms with E-state index in [1.54, 1.807) is 9.25 Å². The monoisotopic (exact) mass is 466 g/mol. The van der Waals surface area contributed by atoms with Crippen LogP contribution in [0.2, 0.25) is 0 Å². The minimum atomic E-state index is -0.0831. The van der Waals surface area contributed by atoms with Gasteiger partial charge < -0.3 is 17.2 Å². The van der Waals surface area contributed by atoms with Gasteiger partial charge in [0, 0.05) is 24.0 Å². The standard InChI is InChI=1S/C26H26N8O/c1-15-6-3-4-9-20(15)34-19(10-17-8-5-7-16(2)21(17)26(34)35)13-33-25-22(24(29)30-14-31-25)23(32-33)18(11-27)12-28/h3-11,14H,12-13,27-28H2,1-2H3,(H2,29,30,31)/b18-11+. The number of anilines is 1. The number of pyridine rings is 1. The normalized spacial score (nSPS) is 12.0. The zero-order valence-electron chi connectivity index (χ0n) is 19.6. The topological polar surface area (TPSA) is 144 Å². The molecule has 0 radical (unpaired) electrons. The first-order valence-electron chi connectivity index (χ1n) is 11.2. The van der Waals surface area contributed by atoms with Crippen molar-refractivity contribution in [1.82, 2.24) is 24.3 Å². The van der Waals surface area contributed by atoms with E-state index in [1.807, 2.05) is 62.4 Å². The third kappa shape index (κ3) is 3.62. The first-order valence-corrected chi connectivity index (χ1v) is 11.2. The van der Waals surface area contributed by atoms with Gasteiger partial charge in [0.1, 0.15) is 17.8 Å². The maximum atomic E-state index is 13.9. The Labute approximate surface area is 201 Å². The van der Waals surface area contributed by atoms with Crippen LogP contribution in [0.3, 0.4) is 0 Å². The van der Waals surface area contributed by atoms with Gasteiger partial charge in [-0.2, -0.15) is 5.10 Å². The molecule has 3 heterocycles. The molecule has 9 heteroatoms. The lowest BCUT2D eigenvalue weighted by Crippen LogP contribution is -2.25. The van der Waals surface area contributed by atoms with Gasteiger partial charge in [0.15, 0.2) is 5.65 Å². The summed E-state index contributed by atoms with van der Waals surface area (Å²) in [6.45, 7) is 4.39. The Hall–Kier alpha value is -4.50. The van der Waals surface area contributed by atoms with Crippen LogP contribution >= 0.6 is 0 Å². The van der Waals surface area contributed by atoms with Crippen LogP contribution in [0.4, 0.5) is 5.82 Å². The summed E-state index contributed by atoms with van der Waals surface area (Å²) in [6, 6.07) is 15.7. The van der Waals surface area contributed by atoms with Crippen LogP contribution in [0.1, 0.15) is 22.5 Å². The zero-order valence-corrected chi connectivity index (χ0v) is 19.6. The fraction of sp³-hybridized carbons (Fsp3) is 0.154.